The first-order chi connectivity index (χ1) is 8.15. The molecule has 0 unspecified atom stereocenters. The Morgan fingerprint density at radius 2 is 1.82 bits per heavy atom. The van der Waals surface area contributed by atoms with Gasteiger partial charge in [0.25, 0.3) is 0 Å². The average Bonchev–Trinajstić information content (AvgIpc) is 2.33. The predicted octanol–water partition coefficient (Wildman–Crippen LogP) is 2.89. The van der Waals surface area contributed by atoms with E-state index in [1.165, 1.54) is 0 Å². The van der Waals surface area contributed by atoms with E-state index in [2.05, 4.69) is 5.32 Å². The maximum Gasteiger partial charge on any atom is 0.115 e. The molecule has 0 atom stereocenters. The monoisotopic (exact) mass is 228 g/mol. The number of benzene rings is 2. The van der Waals surface area contributed by atoms with E-state index in [-0.39, 0.29) is 5.75 Å². The van der Waals surface area contributed by atoms with Crippen LogP contribution in [-0.2, 0) is 6.54 Å². The standard InChI is InChI=1S/C14H16N2O/c1-10-2-5-12(8-14(10)15)16-9-11-3-6-13(17)7-4-11/h2-8,16-17H,9,15H2,1H3. The van der Waals surface area contributed by atoms with E-state index in [9.17, 15) is 5.11 Å². The summed E-state index contributed by atoms with van der Waals surface area (Å²) in [4.78, 5) is 0. The number of nitrogen functional groups attached to an aromatic ring is 1. The number of phenols is 1. The maximum absolute atomic E-state index is 9.17. The zero-order valence-corrected chi connectivity index (χ0v) is 9.77. The van der Waals surface area contributed by atoms with Gasteiger partial charge in [0.15, 0.2) is 0 Å². The first-order valence-corrected chi connectivity index (χ1v) is 5.53. The first-order valence-electron chi connectivity index (χ1n) is 5.53. The van der Waals surface area contributed by atoms with Crippen molar-refractivity contribution >= 4 is 11.4 Å². The number of rotatable bonds is 3. The van der Waals surface area contributed by atoms with Crippen molar-refractivity contribution in [3.8, 4) is 5.75 Å². The van der Waals surface area contributed by atoms with Crippen LogP contribution in [0.1, 0.15) is 11.1 Å². The molecular weight excluding hydrogens is 212 g/mol. The van der Waals surface area contributed by atoms with E-state index >= 15 is 0 Å². The molecule has 0 saturated heterocycles. The first kappa shape index (κ1) is 11.3. The minimum Gasteiger partial charge on any atom is -0.508 e. The highest BCUT2D eigenvalue weighted by molar-refractivity contribution is 5.58. The zero-order valence-electron chi connectivity index (χ0n) is 9.77. The lowest BCUT2D eigenvalue weighted by Gasteiger charge is -2.08. The van der Waals surface area contributed by atoms with Gasteiger partial charge in [-0.25, -0.2) is 0 Å². The number of hydrogen-bond donors (Lipinski definition) is 3. The topological polar surface area (TPSA) is 58.3 Å². The Labute approximate surface area is 101 Å². The molecule has 0 aromatic heterocycles. The minimum absolute atomic E-state index is 0.285. The van der Waals surface area contributed by atoms with Crippen molar-refractivity contribution < 1.29 is 5.11 Å². The lowest BCUT2D eigenvalue weighted by Crippen LogP contribution is -2.00. The van der Waals surface area contributed by atoms with E-state index in [1.807, 2.05) is 37.3 Å². The molecule has 0 fully saturated rings. The number of aromatic hydroxyl groups is 1. The van der Waals surface area contributed by atoms with Gasteiger partial charge in [-0.2, -0.15) is 0 Å². The second-order valence-electron chi connectivity index (χ2n) is 4.09. The van der Waals surface area contributed by atoms with E-state index in [0.717, 1.165) is 22.5 Å². The van der Waals surface area contributed by atoms with Crippen molar-refractivity contribution in [2.75, 3.05) is 11.1 Å². The van der Waals surface area contributed by atoms with Gasteiger partial charge in [-0.1, -0.05) is 18.2 Å². The molecule has 0 bridgehead atoms. The smallest absolute Gasteiger partial charge is 0.115 e. The third kappa shape index (κ3) is 2.91. The van der Waals surface area contributed by atoms with Gasteiger partial charge in [0.1, 0.15) is 5.75 Å². The summed E-state index contributed by atoms with van der Waals surface area (Å²) in [6, 6.07) is 13.1. The molecule has 2 aromatic carbocycles. The molecule has 0 aliphatic rings. The van der Waals surface area contributed by atoms with Crippen molar-refractivity contribution in [3.63, 3.8) is 0 Å². The Hall–Kier alpha value is -2.16. The van der Waals surface area contributed by atoms with Crippen LogP contribution in [0.4, 0.5) is 11.4 Å². The fourth-order valence-electron chi connectivity index (χ4n) is 1.57. The van der Waals surface area contributed by atoms with Crippen molar-refractivity contribution in [1.29, 1.82) is 0 Å². The van der Waals surface area contributed by atoms with E-state index < -0.39 is 0 Å². The molecule has 17 heavy (non-hydrogen) atoms. The Morgan fingerprint density at radius 1 is 1.12 bits per heavy atom. The van der Waals surface area contributed by atoms with Crippen LogP contribution >= 0.6 is 0 Å². The fraction of sp³-hybridized carbons (Fsp3) is 0.143. The molecule has 0 aliphatic heterocycles. The van der Waals surface area contributed by atoms with Crippen molar-refractivity contribution in [1.82, 2.24) is 0 Å². The quantitative estimate of drug-likeness (QED) is 0.708. The number of aryl methyl sites for hydroxylation is 1. The molecule has 0 heterocycles. The second kappa shape index (κ2) is 4.78. The Kier molecular flexibility index (Phi) is 3.19. The predicted molar refractivity (Wildman–Crippen MR) is 71.0 cm³/mol. The van der Waals surface area contributed by atoms with Gasteiger partial charge in [0.05, 0.1) is 0 Å². The molecule has 88 valence electrons. The summed E-state index contributed by atoms with van der Waals surface area (Å²) in [6.45, 7) is 2.70. The highest BCUT2D eigenvalue weighted by atomic mass is 16.3. The molecule has 4 N–H and O–H groups in total. The Morgan fingerprint density at radius 3 is 2.47 bits per heavy atom. The van der Waals surface area contributed by atoms with Crippen LogP contribution in [-0.4, -0.2) is 5.11 Å². The van der Waals surface area contributed by atoms with Crippen LogP contribution in [0.3, 0.4) is 0 Å². The highest BCUT2D eigenvalue weighted by Crippen LogP contribution is 2.18. The normalized spacial score (nSPS) is 10.2. The van der Waals surface area contributed by atoms with Crippen LogP contribution in [0.5, 0.6) is 5.75 Å². The van der Waals surface area contributed by atoms with Gasteiger partial charge in [-0.15, -0.1) is 0 Å². The van der Waals surface area contributed by atoms with Gasteiger partial charge in [0, 0.05) is 17.9 Å². The SMILES string of the molecule is Cc1ccc(NCc2ccc(O)cc2)cc1N. The van der Waals surface area contributed by atoms with Gasteiger partial charge >= 0.3 is 0 Å². The van der Waals surface area contributed by atoms with Gasteiger partial charge in [-0.05, 0) is 42.3 Å². The highest BCUT2D eigenvalue weighted by Gasteiger charge is 1.97. The van der Waals surface area contributed by atoms with Crippen molar-refractivity contribution in [3.05, 3.63) is 53.6 Å². The molecule has 2 aromatic rings. The molecule has 0 amide bonds. The number of hydrogen-bond acceptors (Lipinski definition) is 3. The van der Waals surface area contributed by atoms with Crippen LogP contribution in [0.25, 0.3) is 0 Å². The van der Waals surface area contributed by atoms with E-state index in [0.29, 0.717) is 6.54 Å². The molecule has 0 aliphatic carbocycles. The number of nitrogens with one attached hydrogen (secondary N) is 1. The third-order valence-corrected chi connectivity index (χ3v) is 2.71. The van der Waals surface area contributed by atoms with Crippen LogP contribution in [0, 0.1) is 6.92 Å². The number of phenolic OH excluding ortho intramolecular Hbond substituents is 1. The van der Waals surface area contributed by atoms with Crippen LogP contribution in [0.2, 0.25) is 0 Å². The van der Waals surface area contributed by atoms with Gasteiger partial charge in [-0.3, -0.25) is 0 Å². The van der Waals surface area contributed by atoms with E-state index in [1.54, 1.807) is 12.1 Å². The summed E-state index contributed by atoms with van der Waals surface area (Å²) in [5, 5.41) is 12.5. The summed E-state index contributed by atoms with van der Waals surface area (Å²) < 4.78 is 0. The largest absolute Gasteiger partial charge is 0.508 e. The summed E-state index contributed by atoms with van der Waals surface area (Å²) in [6.07, 6.45) is 0. The van der Waals surface area contributed by atoms with Crippen molar-refractivity contribution in [2.24, 2.45) is 0 Å². The summed E-state index contributed by atoms with van der Waals surface area (Å²) in [7, 11) is 0. The Balaban J connectivity index is 2.02. The lowest BCUT2D eigenvalue weighted by molar-refractivity contribution is 0.475. The zero-order chi connectivity index (χ0) is 12.3. The lowest BCUT2D eigenvalue weighted by atomic mass is 10.1. The average molecular weight is 228 g/mol. The molecular formula is C14H16N2O. The molecule has 0 spiro atoms. The van der Waals surface area contributed by atoms with Crippen molar-refractivity contribution in [2.45, 2.75) is 13.5 Å². The fourth-order valence-corrected chi connectivity index (χ4v) is 1.57. The third-order valence-electron chi connectivity index (χ3n) is 2.71. The molecule has 0 saturated carbocycles. The molecule has 0 radical (unpaired) electrons. The minimum atomic E-state index is 0.285. The van der Waals surface area contributed by atoms with Crippen LogP contribution in [0.15, 0.2) is 42.5 Å². The number of nitrogens with two attached hydrogens (primary N) is 1. The summed E-state index contributed by atoms with van der Waals surface area (Å²) in [5.74, 6) is 0.285. The molecule has 3 heteroatoms. The second-order valence-corrected chi connectivity index (χ2v) is 4.09. The van der Waals surface area contributed by atoms with Gasteiger partial charge < -0.3 is 16.2 Å². The maximum atomic E-state index is 9.17. The summed E-state index contributed by atoms with van der Waals surface area (Å²) >= 11 is 0. The summed E-state index contributed by atoms with van der Waals surface area (Å²) in [5.41, 5.74) is 9.83. The van der Waals surface area contributed by atoms with Crippen LogP contribution < -0.4 is 11.1 Å². The molecule has 3 nitrogen and oxygen atoms in total. The number of anilines is 2. The van der Waals surface area contributed by atoms with E-state index in [4.69, 9.17) is 5.73 Å². The Bertz CT molecular complexity index is 506. The van der Waals surface area contributed by atoms with Gasteiger partial charge in [0.2, 0.25) is 0 Å². The molecule has 2 rings (SSSR count).